The number of rotatable bonds is 8. The molecule has 1 atom stereocenters. The van der Waals surface area contributed by atoms with Gasteiger partial charge in [0, 0.05) is 5.69 Å². The van der Waals surface area contributed by atoms with E-state index >= 15 is 0 Å². The number of alkyl halides is 3. The van der Waals surface area contributed by atoms with E-state index in [-0.39, 0.29) is 27.8 Å². The third-order valence-electron chi connectivity index (χ3n) is 4.87. The van der Waals surface area contributed by atoms with Gasteiger partial charge in [-0.2, -0.15) is 17.9 Å². The maximum absolute atomic E-state index is 13.2. The molecule has 0 saturated heterocycles. The molecule has 0 unspecified atom stereocenters. The van der Waals surface area contributed by atoms with Crippen molar-refractivity contribution < 1.29 is 31.1 Å². The first-order chi connectivity index (χ1) is 16.4. The molecule has 0 saturated carbocycles. The molecule has 3 rings (SSSR count). The third kappa shape index (κ3) is 6.88. The predicted molar refractivity (Wildman–Crippen MR) is 127 cm³/mol. The molecule has 0 heterocycles. The highest BCUT2D eigenvalue weighted by molar-refractivity contribution is 7.89. The summed E-state index contributed by atoms with van der Waals surface area (Å²) < 4.78 is 73.0. The second kappa shape index (κ2) is 10.9. The number of carbonyl (C=O) groups is 1. The molecule has 186 valence electrons. The van der Waals surface area contributed by atoms with Crippen molar-refractivity contribution in [3.8, 4) is 5.75 Å². The Morgan fingerprint density at radius 3 is 2.29 bits per heavy atom. The van der Waals surface area contributed by atoms with E-state index in [0.717, 1.165) is 12.1 Å². The van der Waals surface area contributed by atoms with Crippen molar-refractivity contribution in [2.75, 3.05) is 12.4 Å². The summed E-state index contributed by atoms with van der Waals surface area (Å²) in [5.41, 5.74) is -0.711. The average molecular weight is 547 g/mol. The third-order valence-corrected chi connectivity index (χ3v) is 6.96. The second-order valence-corrected chi connectivity index (χ2v) is 9.87. The molecule has 0 aliphatic rings. The van der Waals surface area contributed by atoms with Crippen LogP contribution in [-0.2, 0) is 27.4 Å². The van der Waals surface area contributed by atoms with Crippen molar-refractivity contribution in [2.24, 2.45) is 0 Å². The molecule has 3 aromatic carbocycles. The zero-order valence-electron chi connectivity index (χ0n) is 18.1. The number of ether oxygens (including phenoxy) is 1. The average Bonchev–Trinajstić information content (AvgIpc) is 2.79. The van der Waals surface area contributed by atoms with Gasteiger partial charge in [0.2, 0.25) is 15.9 Å². The lowest BCUT2D eigenvalue weighted by Crippen LogP contribution is -2.45. The summed E-state index contributed by atoms with van der Waals surface area (Å²) in [6.45, 7) is 0. The number of amides is 1. The van der Waals surface area contributed by atoms with Crippen LogP contribution in [-0.4, -0.2) is 27.5 Å². The Hall–Kier alpha value is -2.79. The number of hydrogen-bond acceptors (Lipinski definition) is 4. The fourth-order valence-electron chi connectivity index (χ4n) is 3.16. The van der Waals surface area contributed by atoms with E-state index in [1.165, 1.54) is 25.3 Å². The van der Waals surface area contributed by atoms with Crippen molar-refractivity contribution in [3.05, 3.63) is 87.9 Å². The molecule has 35 heavy (non-hydrogen) atoms. The van der Waals surface area contributed by atoms with Crippen molar-refractivity contribution in [1.29, 1.82) is 0 Å². The Labute approximate surface area is 210 Å². The largest absolute Gasteiger partial charge is 0.495 e. The smallest absolute Gasteiger partial charge is 0.417 e. The molecule has 0 radical (unpaired) electrons. The monoisotopic (exact) mass is 546 g/mol. The standard InChI is InChI=1S/C23H19Cl2F3N2O4S/c1-34-21-10-8-16(13-19(21)25)35(32,33)30-20(11-14-5-3-2-4-6-14)22(31)29-15-7-9-18(24)17(12-15)23(26,27)28/h2-10,12-13,20,30H,11H2,1H3,(H,29,31)/t20-/m1/s1. The lowest BCUT2D eigenvalue weighted by molar-refractivity contribution is -0.137. The van der Waals surface area contributed by atoms with Crippen LogP contribution < -0.4 is 14.8 Å². The lowest BCUT2D eigenvalue weighted by Gasteiger charge is -2.20. The number of benzene rings is 3. The maximum Gasteiger partial charge on any atom is 0.417 e. The van der Waals surface area contributed by atoms with E-state index in [1.54, 1.807) is 30.3 Å². The topological polar surface area (TPSA) is 84.5 Å². The minimum atomic E-state index is -4.74. The van der Waals surface area contributed by atoms with Crippen LogP contribution >= 0.6 is 23.2 Å². The number of nitrogens with one attached hydrogen (secondary N) is 2. The number of sulfonamides is 1. The second-order valence-electron chi connectivity index (χ2n) is 7.34. The van der Waals surface area contributed by atoms with Crippen molar-refractivity contribution >= 4 is 44.8 Å². The first-order valence-corrected chi connectivity index (χ1v) is 12.2. The van der Waals surface area contributed by atoms with E-state index < -0.39 is 38.7 Å². The Kier molecular flexibility index (Phi) is 8.32. The van der Waals surface area contributed by atoms with E-state index in [9.17, 15) is 26.4 Å². The molecule has 3 aromatic rings. The van der Waals surface area contributed by atoms with Gasteiger partial charge >= 0.3 is 6.18 Å². The number of carbonyl (C=O) groups excluding carboxylic acids is 1. The van der Waals surface area contributed by atoms with Gasteiger partial charge in [0.05, 0.1) is 27.6 Å². The Balaban J connectivity index is 1.91. The SMILES string of the molecule is COc1ccc(S(=O)(=O)N[C@H](Cc2ccccc2)C(=O)Nc2ccc(Cl)c(C(F)(F)F)c2)cc1Cl. The van der Waals surface area contributed by atoms with Gasteiger partial charge < -0.3 is 10.1 Å². The molecule has 12 heteroatoms. The van der Waals surface area contributed by atoms with Crippen LogP contribution in [0.5, 0.6) is 5.75 Å². The normalized spacial score (nSPS) is 12.7. The number of halogens is 5. The Morgan fingerprint density at radius 2 is 1.69 bits per heavy atom. The zero-order valence-corrected chi connectivity index (χ0v) is 20.4. The number of hydrogen-bond donors (Lipinski definition) is 2. The van der Waals surface area contributed by atoms with E-state index in [4.69, 9.17) is 27.9 Å². The van der Waals surface area contributed by atoms with Gasteiger partial charge in [0.1, 0.15) is 11.8 Å². The molecule has 0 spiro atoms. The molecule has 0 aliphatic carbocycles. The highest BCUT2D eigenvalue weighted by Crippen LogP contribution is 2.36. The lowest BCUT2D eigenvalue weighted by atomic mass is 10.1. The van der Waals surface area contributed by atoms with Crippen LogP contribution in [0.3, 0.4) is 0 Å². The Morgan fingerprint density at radius 1 is 1.00 bits per heavy atom. The fraction of sp³-hybridized carbons (Fsp3) is 0.174. The van der Waals surface area contributed by atoms with Crippen LogP contribution in [0.15, 0.2) is 71.6 Å². The summed E-state index contributed by atoms with van der Waals surface area (Å²) >= 11 is 11.7. The molecule has 0 aliphatic heterocycles. The number of methoxy groups -OCH3 is 1. The van der Waals surface area contributed by atoms with Crippen LogP contribution in [0, 0.1) is 0 Å². The molecule has 0 bridgehead atoms. The van der Waals surface area contributed by atoms with Gasteiger partial charge in [-0.3, -0.25) is 4.79 Å². The fourth-order valence-corrected chi connectivity index (χ4v) is 4.93. The Bertz CT molecular complexity index is 1320. The highest BCUT2D eigenvalue weighted by Gasteiger charge is 2.34. The van der Waals surface area contributed by atoms with E-state index in [0.29, 0.717) is 11.6 Å². The van der Waals surface area contributed by atoms with Crippen LogP contribution in [0.4, 0.5) is 18.9 Å². The minimum Gasteiger partial charge on any atom is -0.495 e. The molecule has 0 fully saturated rings. The van der Waals surface area contributed by atoms with Gasteiger partial charge in [-0.1, -0.05) is 53.5 Å². The summed E-state index contributed by atoms with van der Waals surface area (Å²) in [6, 6.07) is 13.8. The molecular weight excluding hydrogens is 528 g/mol. The van der Waals surface area contributed by atoms with Gasteiger partial charge in [0.15, 0.2) is 0 Å². The maximum atomic E-state index is 13.2. The molecule has 6 nitrogen and oxygen atoms in total. The summed E-state index contributed by atoms with van der Waals surface area (Å²) in [7, 11) is -2.88. The molecule has 1 amide bonds. The first-order valence-electron chi connectivity index (χ1n) is 9.98. The molecule has 0 aromatic heterocycles. The van der Waals surface area contributed by atoms with Crippen LogP contribution in [0.1, 0.15) is 11.1 Å². The van der Waals surface area contributed by atoms with Gasteiger partial charge in [-0.15, -0.1) is 0 Å². The summed E-state index contributed by atoms with van der Waals surface area (Å²) in [5.74, 6) is -0.611. The van der Waals surface area contributed by atoms with Crippen molar-refractivity contribution in [2.45, 2.75) is 23.5 Å². The van der Waals surface area contributed by atoms with E-state index in [2.05, 4.69) is 10.0 Å². The van der Waals surface area contributed by atoms with Crippen LogP contribution in [0.25, 0.3) is 0 Å². The zero-order chi connectivity index (χ0) is 25.8. The summed E-state index contributed by atoms with van der Waals surface area (Å²) in [4.78, 5) is 12.8. The van der Waals surface area contributed by atoms with Crippen molar-refractivity contribution in [1.82, 2.24) is 4.72 Å². The first kappa shape index (κ1) is 26.8. The number of anilines is 1. The van der Waals surface area contributed by atoms with Crippen molar-refractivity contribution in [3.63, 3.8) is 0 Å². The van der Waals surface area contributed by atoms with Gasteiger partial charge in [-0.05, 0) is 48.4 Å². The van der Waals surface area contributed by atoms with E-state index in [1.807, 2.05) is 0 Å². The molecule has 2 N–H and O–H groups in total. The minimum absolute atomic E-state index is 0.0419. The summed E-state index contributed by atoms with van der Waals surface area (Å²) in [5, 5.41) is 1.84. The van der Waals surface area contributed by atoms with Crippen LogP contribution in [0.2, 0.25) is 10.0 Å². The summed E-state index contributed by atoms with van der Waals surface area (Å²) in [6.07, 6.45) is -4.81. The highest BCUT2D eigenvalue weighted by atomic mass is 35.5. The predicted octanol–water partition coefficient (Wildman–Crippen LogP) is 5.55. The molecular formula is C23H19Cl2F3N2O4S. The van der Waals surface area contributed by atoms with Gasteiger partial charge in [0.25, 0.3) is 0 Å². The quantitative estimate of drug-likeness (QED) is 0.388. The van der Waals surface area contributed by atoms with Gasteiger partial charge in [-0.25, -0.2) is 8.42 Å².